The summed E-state index contributed by atoms with van der Waals surface area (Å²) in [5, 5.41) is 7.92. The predicted octanol–water partition coefficient (Wildman–Crippen LogP) is 3.54. The number of hydrogen-bond acceptors (Lipinski definition) is 4. The molecule has 0 radical (unpaired) electrons. The Balaban J connectivity index is 1.64. The highest BCUT2D eigenvalue weighted by Gasteiger charge is 2.14. The van der Waals surface area contributed by atoms with Crippen molar-refractivity contribution < 1.29 is 4.74 Å². The van der Waals surface area contributed by atoms with Gasteiger partial charge in [-0.3, -0.25) is 4.98 Å². The fourth-order valence-electron chi connectivity index (χ4n) is 2.98. The molecule has 0 saturated carbocycles. The molecule has 6 nitrogen and oxygen atoms in total. The van der Waals surface area contributed by atoms with Crippen LogP contribution >= 0.6 is 0 Å². The molecule has 120 valence electrons. The zero-order valence-electron chi connectivity index (χ0n) is 13.1. The number of ether oxygens (including phenoxy) is 1. The summed E-state index contributed by atoms with van der Waals surface area (Å²) in [5.74, 6) is 0. The van der Waals surface area contributed by atoms with Crippen molar-refractivity contribution in [3.8, 4) is 11.4 Å². The van der Waals surface area contributed by atoms with Gasteiger partial charge in [0, 0.05) is 31.1 Å². The minimum Gasteiger partial charge on any atom is -0.382 e. The van der Waals surface area contributed by atoms with Crippen LogP contribution in [0.2, 0.25) is 0 Å². The average molecular weight is 319 g/mol. The van der Waals surface area contributed by atoms with E-state index < -0.39 is 0 Å². The molecule has 24 heavy (non-hydrogen) atoms. The van der Waals surface area contributed by atoms with Crippen LogP contribution in [0.15, 0.2) is 42.7 Å². The summed E-state index contributed by atoms with van der Waals surface area (Å²) in [6, 6.07) is 10.2. The summed E-state index contributed by atoms with van der Waals surface area (Å²) in [6.07, 6.45) is 5.43. The van der Waals surface area contributed by atoms with Crippen LogP contribution in [0.4, 0.5) is 11.4 Å². The Bertz CT molecular complexity index is 905. The molecule has 0 spiro atoms. The third-order valence-electron chi connectivity index (χ3n) is 4.23. The molecule has 3 aromatic rings. The number of pyridine rings is 1. The van der Waals surface area contributed by atoms with Crippen LogP contribution in [-0.4, -0.2) is 33.9 Å². The zero-order valence-corrected chi connectivity index (χ0v) is 13.1. The number of nitrogens with zero attached hydrogens (tertiary/aromatic N) is 4. The Labute approximate surface area is 139 Å². The van der Waals surface area contributed by atoms with E-state index in [9.17, 15) is 0 Å². The monoisotopic (exact) mass is 319 g/mol. The first-order valence-corrected chi connectivity index (χ1v) is 7.99. The molecule has 0 bridgehead atoms. The molecule has 0 amide bonds. The van der Waals surface area contributed by atoms with Crippen molar-refractivity contribution in [2.75, 3.05) is 18.5 Å². The number of aromatic nitrogens is 3. The summed E-state index contributed by atoms with van der Waals surface area (Å²) in [5.41, 5.74) is 4.25. The lowest BCUT2D eigenvalue weighted by Gasteiger charge is -2.24. The summed E-state index contributed by atoms with van der Waals surface area (Å²) in [6.45, 7) is 8.71. The lowest BCUT2D eigenvalue weighted by atomic mass is 10.1. The quantitative estimate of drug-likeness (QED) is 0.750. The molecule has 0 aliphatic carbocycles. The second-order valence-electron chi connectivity index (χ2n) is 5.84. The second-order valence-corrected chi connectivity index (χ2v) is 5.84. The van der Waals surface area contributed by atoms with Gasteiger partial charge in [-0.25, -0.2) is 9.36 Å². The predicted molar refractivity (Wildman–Crippen MR) is 92.1 cm³/mol. The van der Waals surface area contributed by atoms with Crippen molar-refractivity contribution in [1.29, 1.82) is 0 Å². The number of rotatable bonds is 3. The molecule has 0 unspecified atom stereocenters. The molecule has 1 N–H and O–H groups in total. The van der Waals surface area contributed by atoms with Crippen LogP contribution in [0.25, 0.3) is 21.7 Å². The third-order valence-corrected chi connectivity index (χ3v) is 4.23. The molecule has 1 aliphatic heterocycles. The number of hydrogen-bond donors (Lipinski definition) is 1. The first-order chi connectivity index (χ1) is 11.8. The van der Waals surface area contributed by atoms with E-state index in [1.54, 1.807) is 6.20 Å². The Kier molecular flexibility index (Phi) is 3.85. The second kappa shape index (κ2) is 6.30. The summed E-state index contributed by atoms with van der Waals surface area (Å²) < 4.78 is 7.22. The molecule has 1 fully saturated rings. The van der Waals surface area contributed by atoms with Gasteiger partial charge in [0.1, 0.15) is 0 Å². The molecule has 1 aliphatic rings. The molecule has 6 heteroatoms. The van der Waals surface area contributed by atoms with Crippen molar-refractivity contribution in [2.24, 2.45) is 0 Å². The van der Waals surface area contributed by atoms with Gasteiger partial charge in [-0.15, -0.1) is 0 Å². The Hall–Kier alpha value is -2.91. The first-order valence-electron chi connectivity index (χ1n) is 7.99. The summed E-state index contributed by atoms with van der Waals surface area (Å²) in [7, 11) is 0. The van der Waals surface area contributed by atoms with Gasteiger partial charge in [0.05, 0.1) is 29.7 Å². The maximum atomic E-state index is 7.09. The van der Waals surface area contributed by atoms with E-state index in [1.165, 1.54) is 0 Å². The minimum atomic E-state index is 0.442. The Morgan fingerprint density at radius 1 is 1.21 bits per heavy atom. The molecule has 4 rings (SSSR count). The fraction of sp³-hybridized carbons (Fsp3) is 0.278. The van der Waals surface area contributed by atoms with Crippen molar-refractivity contribution in [3.05, 3.63) is 54.1 Å². The number of nitrogens with one attached hydrogen (secondary N) is 1. The maximum absolute atomic E-state index is 7.09. The highest BCUT2D eigenvalue weighted by Crippen LogP contribution is 2.25. The van der Waals surface area contributed by atoms with Crippen molar-refractivity contribution in [1.82, 2.24) is 14.6 Å². The molecule has 1 saturated heterocycles. The van der Waals surface area contributed by atoms with Gasteiger partial charge in [-0.2, -0.15) is 5.10 Å². The van der Waals surface area contributed by atoms with Crippen molar-refractivity contribution in [3.63, 3.8) is 0 Å². The van der Waals surface area contributed by atoms with E-state index in [4.69, 9.17) is 11.3 Å². The Morgan fingerprint density at radius 3 is 2.92 bits per heavy atom. The van der Waals surface area contributed by atoms with E-state index in [0.29, 0.717) is 11.7 Å². The van der Waals surface area contributed by atoms with Gasteiger partial charge in [-0.1, -0.05) is 0 Å². The first kappa shape index (κ1) is 14.7. The number of anilines is 1. The SMILES string of the molecule is [C-]#[N+]c1cnn2c(-c3cc(NC4CCOCC4)ccn3)ccc2c1. The molecular weight excluding hydrogens is 302 g/mol. The largest absolute Gasteiger partial charge is 0.382 e. The fourth-order valence-corrected chi connectivity index (χ4v) is 2.98. The van der Waals surface area contributed by atoms with E-state index in [2.05, 4.69) is 20.2 Å². The van der Waals surface area contributed by atoms with E-state index in [-0.39, 0.29) is 0 Å². The molecule has 0 aromatic carbocycles. The topological polar surface area (TPSA) is 55.8 Å². The van der Waals surface area contributed by atoms with Gasteiger partial charge in [0.25, 0.3) is 0 Å². The van der Waals surface area contributed by atoms with Crippen LogP contribution in [0.5, 0.6) is 0 Å². The highest BCUT2D eigenvalue weighted by molar-refractivity contribution is 5.69. The van der Waals surface area contributed by atoms with Crippen LogP contribution < -0.4 is 5.32 Å². The lowest BCUT2D eigenvalue weighted by Crippen LogP contribution is -2.27. The van der Waals surface area contributed by atoms with Crippen LogP contribution in [0, 0.1) is 6.57 Å². The molecule has 0 atom stereocenters. The highest BCUT2D eigenvalue weighted by atomic mass is 16.5. The molecular formula is C18H17N5O. The zero-order chi connectivity index (χ0) is 16.4. The summed E-state index contributed by atoms with van der Waals surface area (Å²) in [4.78, 5) is 7.90. The van der Waals surface area contributed by atoms with Crippen LogP contribution in [0.1, 0.15) is 12.8 Å². The van der Waals surface area contributed by atoms with Gasteiger partial charge >= 0.3 is 0 Å². The van der Waals surface area contributed by atoms with E-state index in [0.717, 1.165) is 48.6 Å². The van der Waals surface area contributed by atoms with Gasteiger partial charge in [-0.05, 0) is 43.2 Å². The minimum absolute atomic E-state index is 0.442. The Morgan fingerprint density at radius 2 is 2.08 bits per heavy atom. The van der Waals surface area contributed by atoms with Gasteiger partial charge in [0.2, 0.25) is 5.69 Å². The van der Waals surface area contributed by atoms with Gasteiger partial charge < -0.3 is 10.1 Å². The van der Waals surface area contributed by atoms with Crippen LogP contribution in [0.3, 0.4) is 0 Å². The lowest BCUT2D eigenvalue weighted by molar-refractivity contribution is 0.0904. The van der Waals surface area contributed by atoms with Crippen LogP contribution in [-0.2, 0) is 4.74 Å². The summed E-state index contributed by atoms with van der Waals surface area (Å²) >= 11 is 0. The third kappa shape index (κ3) is 2.82. The molecule has 3 aromatic heterocycles. The van der Waals surface area contributed by atoms with E-state index >= 15 is 0 Å². The molecule has 4 heterocycles. The number of fused-ring (bicyclic) bond motifs is 1. The van der Waals surface area contributed by atoms with Crippen molar-refractivity contribution in [2.45, 2.75) is 18.9 Å². The normalized spacial score (nSPS) is 15.3. The van der Waals surface area contributed by atoms with E-state index in [1.807, 2.05) is 41.0 Å². The standard InChI is InChI=1S/C18H17N5O/c1-19-15-10-16-2-3-18(23(16)21-12-15)17-11-14(4-7-20-17)22-13-5-8-24-9-6-13/h2-4,7,10-13H,5-6,8-9H2,(H,20,22). The van der Waals surface area contributed by atoms with Gasteiger partial charge in [0.15, 0.2) is 0 Å². The van der Waals surface area contributed by atoms with Crippen molar-refractivity contribution >= 4 is 16.9 Å². The average Bonchev–Trinajstić information content (AvgIpc) is 3.06. The maximum Gasteiger partial charge on any atom is 0.208 e. The smallest absolute Gasteiger partial charge is 0.208 e.